The summed E-state index contributed by atoms with van der Waals surface area (Å²) in [4.78, 5) is 21.2. The summed E-state index contributed by atoms with van der Waals surface area (Å²) >= 11 is 0. The topological polar surface area (TPSA) is 84.2 Å². The maximum absolute atomic E-state index is 11.0. The number of aromatic nitrogens is 2. The predicted molar refractivity (Wildman–Crippen MR) is 97.4 cm³/mol. The highest BCUT2D eigenvalue weighted by Crippen LogP contribution is 2.19. The Kier molecular flexibility index (Phi) is 5.69. The second-order valence-corrected chi connectivity index (χ2v) is 5.98. The maximum Gasteiger partial charge on any atom is 0.276 e. The zero-order valence-corrected chi connectivity index (χ0v) is 13.9. The average molecular weight is 339 g/mol. The first-order chi connectivity index (χ1) is 12.2. The van der Waals surface area contributed by atoms with Crippen LogP contribution in [0.1, 0.15) is 18.4 Å². The molecule has 1 unspecified atom stereocenters. The summed E-state index contributed by atoms with van der Waals surface area (Å²) in [5, 5.41) is 14.5. The maximum atomic E-state index is 11.0. The van der Waals surface area contributed by atoms with Crippen LogP contribution in [-0.4, -0.2) is 40.6 Å². The number of nitro groups is 1. The van der Waals surface area contributed by atoms with Crippen LogP contribution in [0, 0.1) is 10.1 Å². The van der Waals surface area contributed by atoms with Crippen LogP contribution in [0.4, 0.5) is 11.5 Å². The lowest BCUT2D eigenvalue weighted by molar-refractivity contribution is -0.385. The zero-order valence-electron chi connectivity index (χ0n) is 13.9. The summed E-state index contributed by atoms with van der Waals surface area (Å²) in [6.45, 7) is 2.58. The lowest BCUT2D eigenvalue weighted by atomic mass is 10.1. The van der Waals surface area contributed by atoms with E-state index in [1.54, 1.807) is 36.8 Å². The number of benzene rings is 1. The van der Waals surface area contributed by atoms with Crippen molar-refractivity contribution >= 4 is 17.6 Å². The molecule has 25 heavy (non-hydrogen) atoms. The molecule has 0 radical (unpaired) electrons. The smallest absolute Gasteiger partial charge is 0.276 e. The molecule has 0 aliphatic carbocycles. The van der Waals surface area contributed by atoms with Crippen LogP contribution in [-0.2, 0) is 0 Å². The van der Waals surface area contributed by atoms with E-state index in [0.29, 0.717) is 18.2 Å². The molecule has 1 aliphatic heterocycles. The van der Waals surface area contributed by atoms with Gasteiger partial charge in [-0.3, -0.25) is 10.1 Å². The molecule has 2 aromatic rings. The van der Waals surface area contributed by atoms with E-state index >= 15 is 0 Å². The Labute approximate surface area is 146 Å². The Hall–Kier alpha value is -2.80. The third-order valence-electron chi connectivity index (χ3n) is 4.27. The van der Waals surface area contributed by atoms with Crippen molar-refractivity contribution in [1.82, 2.24) is 15.3 Å². The summed E-state index contributed by atoms with van der Waals surface area (Å²) in [7, 11) is 0. The van der Waals surface area contributed by atoms with E-state index in [0.717, 1.165) is 31.7 Å². The summed E-state index contributed by atoms with van der Waals surface area (Å²) in [5.41, 5.74) is 0.756. The largest absolute Gasteiger partial charge is 0.355 e. The molecule has 1 aromatic heterocycles. The first kappa shape index (κ1) is 17.0. The van der Waals surface area contributed by atoms with Crippen LogP contribution in [0.5, 0.6) is 0 Å². The van der Waals surface area contributed by atoms with Gasteiger partial charge in [-0.1, -0.05) is 24.3 Å². The molecule has 130 valence electrons. The van der Waals surface area contributed by atoms with Gasteiger partial charge in [-0.25, -0.2) is 9.97 Å². The minimum atomic E-state index is -0.353. The highest BCUT2D eigenvalue weighted by Gasteiger charge is 2.19. The fourth-order valence-corrected chi connectivity index (χ4v) is 3.04. The Balaban J connectivity index is 1.53. The first-order valence-corrected chi connectivity index (χ1v) is 8.38. The van der Waals surface area contributed by atoms with Gasteiger partial charge in [0.2, 0.25) is 0 Å². The number of nitrogens with zero attached hydrogens (tertiary/aromatic N) is 4. The van der Waals surface area contributed by atoms with Crippen LogP contribution >= 0.6 is 0 Å². The Morgan fingerprint density at radius 2 is 2.24 bits per heavy atom. The normalized spacial score (nSPS) is 17.8. The SMILES string of the molecule is O=[N+]([O-])c1ccccc1/C=C/CNC1CCCN(c2ccncn2)C1. The molecule has 0 saturated carbocycles. The average Bonchev–Trinajstić information content (AvgIpc) is 2.66. The molecule has 1 aliphatic rings. The summed E-state index contributed by atoms with van der Waals surface area (Å²) in [6, 6.07) is 9.06. The van der Waals surface area contributed by atoms with Crippen LogP contribution in [0.15, 0.2) is 48.9 Å². The Morgan fingerprint density at radius 3 is 3.04 bits per heavy atom. The third kappa shape index (κ3) is 4.60. The molecule has 1 aromatic carbocycles. The van der Waals surface area contributed by atoms with Gasteiger partial charge in [-0.15, -0.1) is 0 Å². The van der Waals surface area contributed by atoms with Gasteiger partial charge in [-0.2, -0.15) is 0 Å². The van der Waals surface area contributed by atoms with E-state index in [1.807, 2.05) is 12.1 Å². The van der Waals surface area contributed by atoms with Crippen LogP contribution < -0.4 is 10.2 Å². The number of piperidine rings is 1. The monoisotopic (exact) mass is 339 g/mol. The van der Waals surface area contributed by atoms with Crippen molar-refractivity contribution in [2.24, 2.45) is 0 Å². The molecule has 2 heterocycles. The van der Waals surface area contributed by atoms with E-state index in [1.165, 1.54) is 6.07 Å². The Morgan fingerprint density at radius 1 is 1.36 bits per heavy atom. The number of hydrogen-bond acceptors (Lipinski definition) is 6. The number of nitro benzene ring substituents is 1. The van der Waals surface area contributed by atoms with E-state index in [4.69, 9.17) is 0 Å². The highest BCUT2D eigenvalue weighted by molar-refractivity contribution is 5.60. The predicted octanol–water partition coefficient (Wildman–Crippen LogP) is 2.66. The zero-order chi connectivity index (χ0) is 17.5. The second-order valence-electron chi connectivity index (χ2n) is 5.98. The number of para-hydroxylation sites is 1. The first-order valence-electron chi connectivity index (χ1n) is 8.38. The van der Waals surface area contributed by atoms with Gasteiger partial charge in [-0.05, 0) is 25.0 Å². The molecule has 0 bridgehead atoms. The fraction of sp³-hybridized carbons (Fsp3) is 0.333. The number of anilines is 1. The van der Waals surface area contributed by atoms with Crippen LogP contribution in [0.25, 0.3) is 6.08 Å². The number of nitrogens with one attached hydrogen (secondary N) is 1. The minimum absolute atomic E-state index is 0.131. The molecule has 7 nitrogen and oxygen atoms in total. The molecular weight excluding hydrogens is 318 g/mol. The van der Waals surface area contributed by atoms with Crippen molar-refractivity contribution in [3.8, 4) is 0 Å². The van der Waals surface area contributed by atoms with E-state index in [2.05, 4.69) is 20.2 Å². The van der Waals surface area contributed by atoms with Crippen molar-refractivity contribution in [1.29, 1.82) is 0 Å². The third-order valence-corrected chi connectivity index (χ3v) is 4.27. The summed E-state index contributed by atoms with van der Waals surface area (Å²) in [5.74, 6) is 0.956. The van der Waals surface area contributed by atoms with Gasteiger partial charge in [0.15, 0.2) is 0 Å². The van der Waals surface area contributed by atoms with Crippen molar-refractivity contribution < 1.29 is 4.92 Å². The minimum Gasteiger partial charge on any atom is -0.355 e. The molecule has 0 amide bonds. The molecule has 1 saturated heterocycles. The highest BCUT2D eigenvalue weighted by atomic mass is 16.6. The molecule has 0 spiro atoms. The lowest BCUT2D eigenvalue weighted by Crippen LogP contribution is -2.46. The van der Waals surface area contributed by atoms with Crippen molar-refractivity contribution in [2.75, 3.05) is 24.5 Å². The molecular formula is C18H21N5O2. The molecule has 1 N–H and O–H groups in total. The van der Waals surface area contributed by atoms with E-state index < -0.39 is 0 Å². The molecule has 3 rings (SSSR count). The van der Waals surface area contributed by atoms with Gasteiger partial charge in [0.1, 0.15) is 12.1 Å². The molecule has 1 fully saturated rings. The van der Waals surface area contributed by atoms with Crippen LogP contribution in [0.2, 0.25) is 0 Å². The van der Waals surface area contributed by atoms with Gasteiger partial charge in [0.25, 0.3) is 5.69 Å². The van der Waals surface area contributed by atoms with Crippen molar-refractivity contribution in [2.45, 2.75) is 18.9 Å². The standard InChI is InChI=1S/C18H21N5O2/c24-23(25)17-8-2-1-5-15(17)6-3-10-20-16-7-4-12-22(13-16)18-9-11-19-14-21-18/h1-3,5-6,8-9,11,14,16,20H,4,7,10,12-13H2/b6-3+. The van der Waals surface area contributed by atoms with E-state index in [-0.39, 0.29) is 10.6 Å². The molecule has 1 atom stereocenters. The second kappa shape index (κ2) is 8.34. The summed E-state index contributed by atoms with van der Waals surface area (Å²) in [6.07, 6.45) is 9.29. The van der Waals surface area contributed by atoms with E-state index in [9.17, 15) is 10.1 Å². The van der Waals surface area contributed by atoms with Crippen LogP contribution in [0.3, 0.4) is 0 Å². The quantitative estimate of drug-likeness (QED) is 0.643. The lowest BCUT2D eigenvalue weighted by Gasteiger charge is -2.33. The van der Waals surface area contributed by atoms with Crippen molar-refractivity contribution in [3.05, 3.63) is 64.6 Å². The fourth-order valence-electron chi connectivity index (χ4n) is 3.04. The number of rotatable bonds is 6. The Bertz CT molecular complexity index is 735. The van der Waals surface area contributed by atoms with Gasteiger partial charge in [0.05, 0.1) is 10.5 Å². The van der Waals surface area contributed by atoms with Gasteiger partial charge >= 0.3 is 0 Å². The number of hydrogen-bond donors (Lipinski definition) is 1. The molecule has 7 heteroatoms. The van der Waals surface area contributed by atoms with Crippen molar-refractivity contribution in [3.63, 3.8) is 0 Å². The summed E-state index contributed by atoms with van der Waals surface area (Å²) < 4.78 is 0. The van der Waals surface area contributed by atoms with Gasteiger partial charge in [0, 0.05) is 37.9 Å². The van der Waals surface area contributed by atoms with Gasteiger partial charge < -0.3 is 10.2 Å².